The lowest BCUT2D eigenvalue weighted by molar-refractivity contribution is 0.0615. The summed E-state index contributed by atoms with van der Waals surface area (Å²) in [5.41, 5.74) is 0.665. The first-order valence-corrected chi connectivity index (χ1v) is 5.79. The predicted molar refractivity (Wildman–Crippen MR) is 61.4 cm³/mol. The Hall–Kier alpha value is -1.29. The number of carbonyl (C=O) groups is 1. The van der Waals surface area contributed by atoms with Crippen LogP contribution in [0.3, 0.4) is 0 Å². The van der Waals surface area contributed by atoms with E-state index in [0.29, 0.717) is 11.6 Å². The molecule has 0 spiro atoms. The van der Waals surface area contributed by atoms with Crippen LogP contribution in [0, 0.1) is 6.92 Å². The van der Waals surface area contributed by atoms with Gasteiger partial charge < -0.3 is 14.6 Å². The molecule has 1 saturated heterocycles. The van der Waals surface area contributed by atoms with E-state index in [9.17, 15) is 4.79 Å². The Kier molecular flexibility index (Phi) is 3.29. The van der Waals surface area contributed by atoms with Gasteiger partial charge in [-0.1, -0.05) is 6.92 Å². The van der Waals surface area contributed by atoms with Crippen molar-refractivity contribution in [2.75, 3.05) is 19.6 Å². The van der Waals surface area contributed by atoms with Crippen LogP contribution in [-0.4, -0.2) is 36.5 Å². The second-order valence-electron chi connectivity index (χ2n) is 4.26. The van der Waals surface area contributed by atoms with Gasteiger partial charge in [0.15, 0.2) is 0 Å². The molecule has 0 aliphatic carbocycles. The average molecular weight is 222 g/mol. The third-order valence-corrected chi connectivity index (χ3v) is 2.90. The van der Waals surface area contributed by atoms with Crippen LogP contribution in [0.1, 0.15) is 29.5 Å². The summed E-state index contributed by atoms with van der Waals surface area (Å²) in [4.78, 5) is 14.2. The summed E-state index contributed by atoms with van der Waals surface area (Å²) in [5, 5.41) is 3.19. The first kappa shape index (κ1) is 11.2. The van der Waals surface area contributed by atoms with Gasteiger partial charge in [-0.25, -0.2) is 0 Å². The molecule has 0 aromatic carbocycles. The van der Waals surface area contributed by atoms with Crippen molar-refractivity contribution >= 4 is 5.91 Å². The Labute approximate surface area is 95.6 Å². The van der Waals surface area contributed by atoms with Gasteiger partial charge >= 0.3 is 0 Å². The highest BCUT2D eigenvalue weighted by atomic mass is 16.3. The van der Waals surface area contributed by atoms with Gasteiger partial charge in [0.25, 0.3) is 5.91 Å². The summed E-state index contributed by atoms with van der Waals surface area (Å²) < 4.78 is 5.18. The predicted octanol–water partition coefficient (Wildman–Crippen LogP) is 1.41. The van der Waals surface area contributed by atoms with Crippen molar-refractivity contribution in [1.29, 1.82) is 0 Å². The van der Waals surface area contributed by atoms with Gasteiger partial charge in [0.2, 0.25) is 0 Å². The summed E-state index contributed by atoms with van der Waals surface area (Å²) in [5.74, 6) is 0.872. The molecule has 4 heteroatoms. The molecule has 1 amide bonds. The molecule has 1 aliphatic heterocycles. The normalized spacial score (nSPS) is 15.9. The van der Waals surface area contributed by atoms with E-state index in [0.717, 1.165) is 31.8 Å². The minimum absolute atomic E-state index is 0.0881. The molecule has 0 saturated carbocycles. The molecule has 88 valence electrons. The van der Waals surface area contributed by atoms with Crippen molar-refractivity contribution in [1.82, 2.24) is 10.2 Å². The van der Waals surface area contributed by atoms with E-state index in [1.165, 1.54) is 0 Å². The molecule has 2 heterocycles. The Morgan fingerprint density at radius 3 is 2.81 bits per heavy atom. The van der Waals surface area contributed by atoms with Crippen molar-refractivity contribution in [3.63, 3.8) is 0 Å². The second kappa shape index (κ2) is 4.70. The van der Waals surface area contributed by atoms with Crippen molar-refractivity contribution in [3.05, 3.63) is 23.7 Å². The van der Waals surface area contributed by atoms with Gasteiger partial charge in [0.05, 0.1) is 11.6 Å². The lowest BCUT2D eigenvalue weighted by Crippen LogP contribution is -2.59. The van der Waals surface area contributed by atoms with Gasteiger partial charge in [-0.05, 0) is 19.4 Å². The molecule has 4 nitrogen and oxygen atoms in total. The second-order valence-corrected chi connectivity index (χ2v) is 4.26. The van der Waals surface area contributed by atoms with E-state index >= 15 is 0 Å². The number of hydrogen-bond acceptors (Lipinski definition) is 3. The SMILES string of the molecule is CCCN(C(=O)c1coc(C)c1)C1CNC1. The summed E-state index contributed by atoms with van der Waals surface area (Å²) in [6.07, 6.45) is 2.53. The maximum absolute atomic E-state index is 12.2. The van der Waals surface area contributed by atoms with Crippen molar-refractivity contribution in [3.8, 4) is 0 Å². The number of nitrogens with one attached hydrogen (secondary N) is 1. The first-order chi connectivity index (χ1) is 7.72. The summed E-state index contributed by atoms with van der Waals surface area (Å²) >= 11 is 0. The fourth-order valence-electron chi connectivity index (χ4n) is 1.91. The van der Waals surface area contributed by atoms with Crippen molar-refractivity contribution < 1.29 is 9.21 Å². The number of rotatable bonds is 4. The first-order valence-electron chi connectivity index (χ1n) is 5.79. The lowest BCUT2D eigenvalue weighted by atomic mass is 10.1. The van der Waals surface area contributed by atoms with Crippen LogP contribution < -0.4 is 5.32 Å². The van der Waals surface area contributed by atoms with E-state index in [1.54, 1.807) is 12.3 Å². The van der Waals surface area contributed by atoms with E-state index in [-0.39, 0.29) is 5.91 Å². The minimum Gasteiger partial charge on any atom is -0.469 e. The number of carbonyl (C=O) groups excluding carboxylic acids is 1. The lowest BCUT2D eigenvalue weighted by Gasteiger charge is -2.38. The Bertz CT molecular complexity index is 369. The average Bonchev–Trinajstić information content (AvgIpc) is 2.60. The fraction of sp³-hybridized carbons (Fsp3) is 0.583. The van der Waals surface area contributed by atoms with Crippen LogP contribution in [0.4, 0.5) is 0 Å². The van der Waals surface area contributed by atoms with E-state index in [4.69, 9.17) is 4.42 Å². The van der Waals surface area contributed by atoms with E-state index < -0.39 is 0 Å². The fourth-order valence-corrected chi connectivity index (χ4v) is 1.91. The Morgan fingerprint density at radius 2 is 2.38 bits per heavy atom. The molecule has 1 aromatic rings. The molecule has 0 unspecified atom stereocenters. The molecule has 0 bridgehead atoms. The van der Waals surface area contributed by atoms with E-state index in [1.807, 2.05) is 11.8 Å². The quantitative estimate of drug-likeness (QED) is 0.837. The van der Waals surface area contributed by atoms with Crippen LogP contribution in [-0.2, 0) is 0 Å². The van der Waals surface area contributed by atoms with Crippen LogP contribution in [0.25, 0.3) is 0 Å². The van der Waals surface area contributed by atoms with Crippen LogP contribution in [0.15, 0.2) is 16.7 Å². The maximum Gasteiger partial charge on any atom is 0.257 e. The zero-order valence-corrected chi connectivity index (χ0v) is 9.82. The molecule has 16 heavy (non-hydrogen) atoms. The van der Waals surface area contributed by atoms with Crippen LogP contribution in [0.2, 0.25) is 0 Å². The molecule has 1 aliphatic rings. The van der Waals surface area contributed by atoms with Gasteiger partial charge in [-0.2, -0.15) is 0 Å². The molecular formula is C12H18N2O2. The highest BCUT2D eigenvalue weighted by molar-refractivity contribution is 5.94. The summed E-state index contributed by atoms with van der Waals surface area (Å²) in [7, 11) is 0. The zero-order valence-electron chi connectivity index (χ0n) is 9.82. The number of amides is 1. The number of furan rings is 1. The van der Waals surface area contributed by atoms with Gasteiger partial charge in [-0.3, -0.25) is 4.79 Å². The monoisotopic (exact) mass is 222 g/mol. The maximum atomic E-state index is 12.2. The van der Waals surface area contributed by atoms with Gasteiger partial charge in [0.1, 0.15) is 12.0 Å². The number of hydrogen-bond donors (Lipinski definition) is 1. The highest BCUT2D eigenvalue weighted by Crippen LogP contribution is 2.14. The molecule has 0 atom stereocenters. The molecule has 0 radical (unpaired) electrons. The summed E-state index contributed by atoms with van der Waals surface area (Å²) in [6.45, 7) is 6.57. The number of nitrogens with zero attached hydrogens (tertiary/aromatic N) is 1. The molecule has 1 N–H and O–H groups in total. The standard InChI is InChI=1S/C12H18N2O2/c1-3-4-14(11-6-13-7-11)12(15)10-5-9(2)16-8-10/h5,8,11,13H,3-4,6-7H2,1-2H3. The topological polar surface area (TPSA) is 45.5 Å². The van der Waals surface area contributed by atoms with E-state index in [2.05, 4.69) is 12.2 Å². The number of aryl methyl sites for hydroxylation is 1. The summed E-state index contributed by atoms with van der Waals surface area (Å²) in [6, 6.07) is 2.15. The molecule has 1 aromatic heterocycles. The largest absolute Gasteiger partial charge is 0.469 e. The molecule has 2 rings (SSSR count). The van der Waals surface area contributed by atoms with Crippen molar-refractivity contribution in [2.24, 2.45) is 0 Å². The third kappa shape index (κ3) is 2.11. The molecule has 1 fully saturated rings. The third-order valence-electron chi connectivity index (χ3n) is 2.90. The van der Waals surface area contributed by atoms with Gasteiger partial charge in [0, 0.05) is 19.6 Å². The van der Waals surface area contributed by atoms with Crippen LogP contribution >= 0.6 is 0 Å². The Balaban J connectivity index is 2.09. The molecular weight excluding hydrogens is 204 g/mol. The minimum atomic E-state index is 0.0881. The van der Waals surface area contributed by atoms with Crippen LogP contribution in [0.5, 0.6) is 0 Å². The smallest absolute Gasteiger partial charge is 0.257 e. The van der Waals surface area contributed by atoms with Crippen molar-refractivity contribution in [2.45, 2.75) is 26.3 Å². The zero-order chi connectivity index (χ0) is 11.5. The highest BCUT2D eigenvalue weighted by Gasteiger charge is 2.29. The van der Waals surface area contributed by atoms with Gasteiger partial charge in [-0.15, -0.1) is 0 Å². The Morgan fingerprint density at radius 1 is 1.62 bits per heavy atom.